The third kappa shape index (κ3) is 2.96. The van der Waals surface area contributed by atoms with Crippen molar-refractivity contribution in [2.24, 2.45) is 7.05 Å². The van der Waals surface area contributed by atoms with Crippen molar-refractivity contribution in [2.45, 2.75) is 11.8 Å². The molecule has 1 atom stereocenters. The van der Waals surface area contributed by atoms with Gasteiger partial charge in [0.15, 0.2) is 0 Å². The Kier molecular flexibility index (Phi) is 4.45. The van der Waals surface area contributed by atoms with Crippen LogP contribution in [0.4, 0.5) is 5.69 Å². The fraction of sp³-hybridized carbons (Fsp3) is 0.118. The summed E-state index contributed by atoms with van der Waals surface area (Å²) < 4.78 is 23.5. The number of hydrogen-bond acceptors (Lipinski definition) is 3. The van der Waals surface area contributed by atoms with Crippen LogP contribution in [0.1, 0.15) is 16.1 Å². The summed E-state index contributed by atoms with van der Waals surface area (Å²) in [6.45, 7) is 1.91. The van der Waals surface area contributed by atoms with Gasteiger partial charge >= 0.3 is 0 Å². The van der Waals surface area contributed by atoms with Gasteiger partial charge in [-0.05, 0) is 60.0 Å². The lowest BCUT2D eigenvalue weighted by Gasteiger charge is -2.09. The van der Waals surface area contributed by atoms with Crippen LogP contribution < -0.4 is 5.32 Å². The molecule has 0 aliphatic carbocycles. The van der Waals surface area contributed by atoms with Gasteiger partial charge in [0, 0.05) is 28.5 Å². The number of carbonyl (C=O) groups is 1. The molecule has 0 saturated heterocycles. The lowest BCUT2D eigenvalue weighted by molar-refractivity contribution is 0.101. The summed E-state index contributed by atoms with van der Waals surface area (Å²) in [7, 11) is 1.80. The first kappa shape index (κ1) is 16.7. The first-order valence-corrected chi connectivity index (χ1v) is 8.59. The third-order valence-electron chi connectivity index (χ3n) is 3.89. The highest BCUT2D eigenvalue weighted by molar-refractivity contribution is 7.79. The number of benzene rings is 2. The number of fused-ring (bicyclic) bond motifs is 1. The average molecular weight is 362 g/mol. The number of anilines is 1. The number of nitrogens with zero attached hydrogens (tertiary/aromatic N) is 1. The normalized spacial score (nSPS) is 12.3. The number of rotatable bonds is 3. The second kappa shape index (κ2) is 6.39. The minimum absolute atomic E-state index is 0.167. The second-order valence-electron chi connectivity index (χ2n) is 5.43. The topological polar surface area (TPSA) is 74.2 Å². The zero-order valence-corrected chi connectivity index (χ0v) is 14.6. The Morgan fingerprint density at radius 1 is 1.21 bits per heavy atom. The van der Waals surface area contributed by atoms with Crippen molar-refractivity contribution in [3.63, 3.8) is 0 Å². The van der Waals surface area contributed by atoms with E-state index in [-0.39, 0.29) is 10.8 Å². The molecule has 2 aromatic carbocycles. The summed E-state index contributed by atoms with van der Waals surface area (Å²) in [5.74, 6) is -0.293. The van der Waals surface area contributed by atoms with Gasteiger partial charge in [0.05, 0.1) is 5.02 Å². The Hall–Kier alpha value is -2.15. The van der Waals surface area contributed by atoms with Gasteiger partial charge in [-0.2, -0.15) is 0 Å². The van der Waals surface area contributed by atoms with Crippen LogP contribution in [-0.2, 0) is 18.1 Å². The fourth-order valence-electron chi connectivity index (χ4n) is 2.55. The predicted molar refractivity (Wildman–Crippen MR) is 94.2 cm³/mol. The third-order valence-corrected chi connectivity index (χ3v) is 5.05. The highest BCUT2D eigenvalue weighted by atomic mass is 35.5. The summed E-state index contributed by atoms with van der Waals surface area (Å²) in [6.07, 6.45) is 0. The van der Waals surface area contributed by atoms with Crippen LogP contribution in [0.2, 0.25) is 5.02 Å². The van der Waals surface area contributed by atoms with Gasteiger partial charge in [0.1, 0.15) is 5.69 Å². The van der Waals surface area contributed by atoms with E-state index in [1.165, 1.54) is 12.1 Å². The van der Waals surface area contributed by atoms with Crippen molar-refractivity contribution < 1.29 is 13.6 Å². The number of carbonyl (C=O) groups excluding carboxylic acids is 1. The Balaban J connectivity index is 1.92. The number of hydrogen-bond donors (Lipinski definition) is 1. The molecule has 0 aliphatic rings. The molecule has 0 spiro atoms. The molecule has 0 fully saturated rings. The zero-order chi connectivity index (χ0) is 17.4. The lowest BCUT2D eigenvalue weighted by atomic mass is 10.2. The number of nitrogens with one attached hydrogen (secondary N) is 1. The van der Waals surface area contributed by atoms with Crippen LogP contribution in [0.15, 0.2) is 47.4 Å². The molecular weight excluding hydrogens is 348 g/mol. The van der Waals surface area contributed by atoms with Crippen molar-refractivity contribution >= 4 is 45.2 Å². The lowest BCUT2D eigenvalue weighted by Crippen LogP contribution is -2.15. The van der Waals surface area contributed by atoms with Gasteiger partial charge in [-0.15, -0.1) is 0 Å². The van der Waals surface area contributed by atoms with Crippen LogP contribution in [0.5, 0.6) is 0 Å². The van der Waals surface area contributed by atoms with Gasteiger partial charge in [-0.25, -0.2) is 0 Å². The number of aromatic nitrogens is 1. The van der Waals surface area contributed by atoms with Crippen LogP contribution >= 0.6 is 11.6 Å². The molecule has 7 heteroatoms. The van der Waals surface area contributed by atoms with E-state index in [9.17, 15) is 13.6 Å². The quantitative estimate of drug-likeness (QED) is 0.724. The van der Waals surface area contributed by atoms with E-state index in [1.54, 1.807) is 29.8 Å². The second-order valence-corrected chi connectivity index (χ2v) is 6.75. The Morgan fingerprint density at radius 3 is 2.50 bits per heavy atom. The summed E-state index contributed by atoms with van der Waals surface area (Å²) in [5, 5.41) is 4.21. The van der Waals surface area contributed by atoms with Crippen LogP contribution in [0, 0.1) is 6.92 Å². The Bertz CT molecular complexity index is 964. The molecule has 3 rings (SSSR count). The van der Waals surface area contributed by atoms with E-state index in [1.807, 2.05) is 19.1 Å². The van der Waals surface area contributed by atoms with E-state index in [0.29, 0.717) is 16.4 Å². The molecule has 24 heavy (non-hydrogen) atoms. The van der Waals surface area contributed by atoms with Gasteiger partial charge in [0.2, 0.25) is 0 Å². The fourth-order valence-corrected chi connectivity index (χ4v) is 3.12. The molecule has 0 aliphatic heterocycles. The van der Waals surface area contributed by atoms with Crippen molar-refractivity contribution in [2.75, 3.05) is 5.32 Å². The molecular formula is C17H14ClN2O3S-. The van der Waals surface area contributed by atoms with Crippen molar-refractivity contribution in [1.29, 1.82) is 0 Å². The van der Waals surface area contributed by atoms with Gasteiger partial charge in [0.25, 0.3) is 5.91 Å². The predicted octanol–water partition coefficient (Wildman–Crippen LogP) is 3.63. The summed E-state index contributed by atoms with van der Waals surface area (Å²) in [4.78, 5) is 12.7. The highest BCUT2D eigenvalue weighted by Crippen LogP contribution is 2.29. The molecule has 1 unspecified atom stereocenters. The number of aryl methyl sites for hydroxylation is 2. The van der Waals surface area contributed by atoms with E-state index >= 15 is 0 Å². The van der Waals surface area contributed by atoms with E-state index in [2.05, 4.69) is 5.32 Å². The standard InChI is InChI=1S/C17H15ClN2O3S/c1-10-3-8-14-13(16(10)18)9-15(20(14)2)17(21)19-11-4-6-12(7-5-11)24(22)23/h3-9H,1-2H3,(H,19,21)(H,22,23)/p-1. The monoisotopic (exact) mass is 361 g/mol. The van der Waals surface area contributed by atoms with Crippen molar-refractivity contribution in [3.05, 3.63) is 58.7 Å². The van der Waals surface area contributed by atoms with Gasteiger partial charge < -0.3 is 14.4 Å². The molecule has 3 aromatic rings. The summed E-state index contributed by atoms with van der Waals surface area (Å²) in [6, 6.07) is 11.5. The minimum atomic E-state index is -2.29. The van der Waals surface area contributed by atoms with Crippen molar-refractivity contribution in [1.82, 2.24) is 4.57 Å². The summed E-state index contributed by atoms with van der Waals surface area (Å²) in [5.41, 5.74) is 2.80. The maximum absolute atomic E-state index is 12.5. The van der Waals surface area contributed by atoms with Gasteiger partial charge in [-0.1, -0.05) is 17.7 Å². The molecule has 5 nitrogen and oxygen atoms in total. The zero-order valence-electron chi connectivity index (χ0n) is 13.0. The molecule has 1 amide bonds. The minimum Gasteiger partial charge on any atom is -0.768 e. The SMILES string of the molecule is Cc1ccc2c(cc(C(=O)Nc3ccc(S(=O)[O-])cc3)n2C)c1Cl. The molecule has 0 saturated carbocycles. The molecule has 1 aromatic heterocycles. The summed E-state index contributed by atoms with van der Waals surface area (Å²) >= 11 is 4.03. The van der Waals surface area contributed by atoms with Crippen LogP contribution in [0.25, 0.3) is 10.9 Å². The largest absolute Gasteiger partial charge is 0.768 e. The van der Waals surface area contributed by atoms with Gasteiger partial charge in [-0.3, -0.25) is 9.00 Å². The van der Waals surface area contributed by atoms with E-state index in [0.717, 1.165) is 16.5 Å². The molecule has 0 bridgehead atoms. The Morgan fingerprint density at radius 2 is 1.88 bits per heavy atom. The number of halogens is 1. The average Bonchev–Trinajstić information content (AvgIpc) is 2.89. The molecule has 0 radical (unpaired) electrons. The van der Waals surface area contributed by atoms with E-state index in [4.69, 9.17) is 11.6 Å². The van der Waals surface area contributed by atoms with Crippen molar-refractivity contribution in [3.8, 4) is 0 Å². The first-order chi connectivity index (χ1) is 11.4. The highest BCUT2D eigenvalue weighted by Gasteiger charge is 2.16. The molecule has 124 valence electrons. The van der Waals surface area contributed by atoms with Crippen LogP contribution in [-0.4, -0.2) is 19.2 Å². The molecule has 1 heterocycles. The Labute approximate surface area is 146 Å². The smallest absolute Gasteiger partial charge is 0.272 e. The first-order valence-electron chi connectivity index (χ1n) is 7.13. The number of amides is 1. The van der Waals surface area contributed by atoms with E-state index < -0.39 is 11.1 Å². The maximum atomic E-state index is 12.5. The van der Waals surface area contributed by atoms with Crippen LogP contribution in [0.3, 0.4) is 0 Å². The maximum Gasteiger partial charge on any atom is 0.272 e. The molecule has 1 N–H and O–H groups in total.